The van der Waals surface area contributed by atoms with Crippen LogP contribution in [-0.2, 0) is 14.6 Å². The fourth-order valence-corrected chi connectivity index (χ4v) is 4.28. The molecule has 1 N–H and O–H groups in total. The molecule has 35 heavy (non-hydrogen) atoms. The SMILES string of the molecule is CCCCOC(=O)N(C(=O)O)c1ncc(-c2ccc(S(=O)(=O)C(C)C)cc2)nc1C#C[Si](C)(C)C. The van der Waals surface area contributed by atoms with E-state index in [0.717, 1.165) is 6.42 Å². The highest BCUT2D eigenvalue weighted by atomic mass is 32.2. The number of unbranched alkanes of at least 4 members (excludes halogenated alkanes) is 1. The number of rotatable bonds is 7. The van der Waals surface area contributed by atoms with Gasteiger partial charge in [-0.2, -0.15) is 4.90 Å². The molecule has 0 spiro atoms. The Morgan fingerprint density at radius 2 is 1.80 bits per heavy atom. The average Bonchev–Trinajstić information content (AvgIpc) is 2.78. The van der Waals surface area contributed by atoms with E-state index in [1.165, 1.54) is 18.3 Å². The molecule has 2 rings (SSSR count). The fourth-order valence-electron chi connectivity index (χ4n) is 2.73. The molecule has 188 valence electrons. The van der Waals surface area contributed by atoms with E-state index in [1.54, 1.807) is 26.0 Å². The number of amides is 2. The summed E-state index contributed by atoms with van der Waals surface area (Å²) in [5, 5.41) is 9.14. The van der Waals surface area contributed by atoms with Gasteiger partial charge in [0.2, 0.25) is 0 Å². The Hall–Kier alpha value is -3.23. The topological polar surface area (TPSA) is 127 Å². The zero-order valence-electron chi connectivity index (χ0n) is 20.8. The molecule has 2 amide bonds. The van der Waals surface area contributed by atoms with Crippen LogP contribution in [0.25, 0.3) is 11.3 Å². The second kappa shape index (κ2) is 11.5. The lowest BCUT2D eigenvalue weighted by molar-refractivity contribution is 0.147. The summed E-state index contributed by atoms with van der Waals surface area (Å²) in [7, 11) is -5.32. The summed E-state index contributed by atoms with van der Waals surface area (Å²) in [5.41, 5.74) is 4.05. The maximum atomic E-state index is 12.5. The molecule has 1 heterocycles. The zero-order valence-corrected chi connectivity index (χ0v) is 22.6. The van der Waals surface area contributed by atoms with Crippen molar-refractivity contribution < 1.29 is 27.9 Å². The van der Waals surface area contributed by atoms with Gasteiger partial charge in [0, 0.05) is 5.56 Å². The van der Waals surface area contributed by atoms with Crippen molar-refractivity contribution in [1.82, 2.24) is 9.97 Å². The van der Waals surface area contributed by atoms with Crippen LogP contribution < -0.4 is 4.90 Å². The van der Waals surface area contributed by atoms with E-state index >= 15 is 0 Å². The summed E-state index contributed by atoms with van der Waals surface area (Å²) in [6.45, 7) is 11.3. The number of carbonyl (C=O) groups excluding carboxylic acids is 1. The first-order valence-electron chi connectivity index (χ1n) is 11.2. The van der Waals surface area contributed by atoms with Crippen molar-refractivity contribution in [1.29, 1.82) is 0 Å². The first-order valence-corrected chi connectivity index (χ1v) is 16.3. The van der Waals surface area contributed by atoms with Gasteiger partial charge in [0.25, 0.3) is 0 Å². The van der Waals surface area contributed by atoms with Gasteiger partial charge in [-0.05, 0) is 32.4 Å². The molecule has 0 saturated carbocycles. The van der Waals surface area contributed by atoms with E-state index in [1.807, 2.05) is 26.6 Å². The summed E-state index contributed by atoms with van der Waals surface area (Å²) < 4.78 is 29.9. The molecule has 0 aliphatic heterocycles. The number of ether oxygens (including phenoxy) is 1. The summed E-state index contributed by atoms with van der Waals surface area (Å²) in [5.74, 6) is 2.66. The van der Waals surface area contributed by atoms with Gasteiger partial charge in [-0.3, -0.25) is 0 Å². The Balaban J connectivity index is 2.57. The number of anilines is 1. The Bertz CT molecular complexity index is 1240. The number of hydrogen-bond acceptors (Lipinski definition) is 7. The summed E-state index contributed by atoms with van der Waals surface area (Å²) >= 11 is 0. The molecule has 0 unspecified atom stereocenters. The van der Waals surface area contributed by atoms with E-state index in [-0.39, 0.29) is 23.0 Å². The van der Waals surface area contributed by atoms with Gasteiger partial charge in [-0.1, -0.05) is 51.0 Å². The monoisotopic (exact) mass is 517 g/mol. The van der Waals surface area contributed by atoms with Crippen LogP contribution in [0, 0.1) is 11.5 Å². The number of carboxylic acid groups (broad SMARTS) is 1. The van der Waals surface area contributed by atoms with E-state index < -0.39 is 35.3 Å². The smallest absolute Gasteiger partial charge is 0.425 e. The molecule has 0 bridgehead atoms. The van der Waals surface area contributed by atoms with Crippen LogP contribution in [0.3, 0.4) is 0 Å². The van der Waals surface area contributed by atoms with Crippen molar-refractivity contribution in [3.63, 3.8) is 0 Å². The maximum Gasteiger partial charge on any atom is 0.425 e. The largest absolute Gasteiger partial charge is 0.464 e. The van der Waals surface area contributed by atoms with Crippen LogP contribution in [-0.4, -0.2) is 55.6 Å². The third-order valence-corrected chi connectivity index (χ3v) is 7.76. The molecule has 1 aromatic carbocycles. The van der Waals surface area contributed by atoms with Crippen molar-refractivity contribution in [2.75, 3.05) is 11.5 Å². The second-order valence-electron chi connectivity index (χ2n) is 9.13. The Kier molecular flexibility index (Phi) is 9.17. The molecule has 11 heteroatoms. The van der Waals surface area contributed by atoms with Gasteiger partial charge in [-0.25, -0.2) is 28.0 Å². The molecule has 9 nitrogen and oxygen atoms in total. The highest BCUT2D eigenvalue weighted by molar-refractivity contribution is 7.92. The normalized spacial score (nSPS) is 11.5. The second-order valence-corrected chi connectivity index (χ2v) is 16.4. The summed E-state index contributed by atoms with van der Waals surface area (Å²) in [6, 6.07) is 6.18. The van der Waals surface area contributed by atoms with Crippen LogP contribution in [0.2, 0.25) is 19.6 Å². The standard InChI is InChI=1S/C24H31N3O6SSi/c1-7-8-14-33-24(30)27(23(28)29)22-20(13-15-35(4,5)6)26-21(16-25-22)18-9-11-19(12-10-18)34(31,32)17(2)3/h9-12,16-17H,7-8,14H2,1-6H3,(H,28,29). The Morgan fingerprint density at radius 3 is 2.31 bits per heavy atom. The van der Waals surface area contributed by atoms with Crippen LogP contribution in [0.1, 0.15) is 39.3 Å². The Labute approximate surface area is 207 Å². The lowest BCUT2D eigenvalue weighted by atomic mass is 10.1. The van der Waals surface area contributed by atoms with Gasteiger partial charge in [0.15, 0.2) is 21.3 Å². The third-order valence-electron chi connectivity index (χ3n) is 4.72. The molecule has 0 aliphatic carbocycles. The number of aromatic nitrogens is 2. The molecule has 0 radical (unpaired) electrons. The maximum absolute atomic E-state index is 12.5. The molecule has 0 saturated heterocycles. The lowest BCUT2D eigenvalue weighted by Crippen LogP contribution is -2.38. The van der Waals surface area contributed by atoms with Crippen LogP contribution in [0.4, 0.5) is 15.4 Å². The highest BCUT2D eigenvalue weighted by Gasteiger charge is 2.29. The van der Waals surface area contributed by atoms with Crippen molar-refractivity contribution in [3.8, 4) is 22.7 Å². The van der Waals surface area contributed by atoms with Gasteiger partial charge >= 0.3 is 12.2 Å². The molecule has 0 atom stereocenters. The molecule has 0 aliphatic rings. The predicted molar refractivity (Wildman–Crippen MR) is 137 cm³/mol. The molecular weight excluding hydrogens is 486 g/mol. The number of benzene rings is 1. The van der Waals surface area contributed by atoms with E-state index in [4.69, 9.17) is 4.74 Å². The molecule has 1 aromatic heterocycles. The zero-order chi connectivity index (χ0) is 26.4. The highest BCUT2D eigenvalue weighted by Crippen LogP contribution is 2.25. The van der Waals surface area contributed by atoms with E-state index in [2.05, 4.69) is 21.4 Å². The van der Waals surface area contributed by atoms with Crippen molar-refractivity contribution in [3.05, 3.63) is 36.2 Å². The molecule has 0 fully saturated rings. The van der Waals surface area contributed by atoms with Crippen molar-refractivity contribution in [2.45, 2.75) is 63.4 Å². The number of imide groups is 1. The van der Waals surface area contributed by atoms with Gasteiger partial charge in [0.1, 0.15) is 8.07 Å². The quantitative estimate of drug-likeness (QED) is 0.310. The summed E-state index contributed by atoms with van der Waals surface area (Å²) in [4.78, 5) is 33.7. The van der Waals surface area contributed by atoms with Gasteiger partial charge in [0.05, 0.1) is 28.6 Å². The van der Waals surface area contributed by atoms with Crippen LogP contribution >= 0.6 is 0 Å². The van der Waals surface area contributed by atoms with Gasteiger partial charge in [-0.15, -0.1) is 5.54 Å². The molecular formula is C24H31N3O6SSi. The third kappa shape index (κ3) is 7.37. The molecule has 2 aromatic rings. The number of sulfone groups is 1. The first-order chi connectivity index (χ1) is 16.3. The predicted octanol–water partition coefficient (Wildman–Crippen LogP) is 4.98. The number of nitrogens with zero attached hydrogens (tertiary/aromatic N) is 3. The lowest BCUT2D eigenvalue weighted by Gasteiger charge is -2.18. The van der Waals surface area contributed by atoms with E-state index in [9.17, 15) is 23.1 Å². The number of carbonyl (C=O) groups is 2. The fraction of sp³-hybridized carbons (Fsp3) is 0.417. The first kappa shape index (κ1) is 28.0. The minimum absolute atomic E-state index is 0.0126. The van der Waals surface area contributed by atoms with Crippen molar-refractivity contribution in [2.24, 2.45) is 0 Å². The Morgan fingerprint density at radius 1 is 1.17 bits per heavy atom. The van der Waals surface area contributed by atoms with Crippen LogP contribution in [0.15, 0.2) is 35.4 Å². The average molecular weight is 518 g/mol. The minimum atomic E-state index is -3.43. The summed E-state index contributed by atoms with van der Waals surface area (Å²) in [6.07, 6.45) is 0.0457. The number of hydrogen-bond donors (Lipinski definition) is 1. The van der Waals surface area contributed by atoms with E-state index in [0.29, 0.717) is 22.6 Å². The van der Waals surface area contributed by atoms with Crippen molar-refractivity contribution >= 4 is 35.9 Å². The van der Waals surface area contributed by atoms with Crippen LogP contribution in [0.5, 0.6) is 0 Å². The van der Waals surface area contributed by atoms with Gasteiger partial charge < -0.3 is 9.84 Å². The minimum Gasteiger partial charge on any atom is -0.464 e.